The monoisotopic (exact) mass is 710 g/mol. The molecule has 6 rings (SSSR count). The van der Waals surface area contributed by atoms with E-state index in [0.29, 0.717) is 0 Å². The predicted octanol–water partition coefficient (Wildman–Crippen LogP) is 11.7. The number of nitrogens with two attached hydrogens (primary N) is 3. The number of nitrogen functional groups attached to an aromatic ring is 3. The van der Waals surface area contributed by atoms with E-state index >= 15 is 0 Å². The number of hydrogen-bond acceptors (Lipinski definition) is 5. The Hall–Kier alpha value is -5.68. The number of benzene rings is 6. The van der Waals surface area contributed by atoms with Crippen LogP contribution in [-0.4, -0.2) is 21.1 Å². The minimum absolute atomic E-state index is 0.805. The maximum Gasteiger partial charge on any atom is 0.0425 e. The molecule has 0 saturated carbocycles. The van der Waals surface area contributed by atoms with Gasteiger partial charge in [-0.1, -0.05) is 91.3 Å². The van der Waals surface area contributed by atoms with Crippen LogP contribution in [0.5, 0.6) is 0 Å². The summed E-state index contributed by atoms with van der Waals surface area (Å²) in [4.78, 5) is 2.21. The van der Waals surface area contributed by atoms with Crippen molar-refractivity contribution in [3.8, 4) is 11.1 Å². The fourth-order valence-electron chi connectivity index (χ4n) is 5.64. The van der Waals surface area contributed by atoms with Crippen molar-refractivity contribution in [1.29, 1.82) is 0 Å². The van der Waals surface area contributed by atoms with Crippen molar-refractivity contribution in [2.24, 2.45) is 0 Å². The zero-order valence-electron chi connectivity index (χ0n) is 34.0. The summed E-state index contributed by atoms with van der Waals surface area (Å²) in [6, 6.07) is 42.2. The smallest absolute Gasteiger partial charge is 0.0425 e. The topological polar surface area (TPSA) is 93.3 Å². The first-order valence-corrected chi connectivity index (χ1v) is 18.2. The summed E-state index contributed by atoms with van der Waals surface area (Å²) in [5.41, 5.74) is 34.9. The number of nitrogens with zero attached hydrogens (tertiary/aromatic N) is 1. The quantitative estimate of drug-likeness (QED) is 0.137. The van der Waals surface area contributed by atoms with E-state index < -0.39 is 0 Å². The SMILES string of the molecule is CCc1cccc(NC)c1.Cc1c(C)c(C)c(N(C)C)c(C)c1C.Cc1ccc(N)cc1.Cc1cccc(N)c1.Nc1ccc(-c2ccccc2)cc1. The highest BCUT2D eigenvalue weighted by Gasteiger charge is 2.12. The van der Waals surface area contributed by atoms with Crippen LogP contribution in [0.1, 0.15) is 51.4 Å². The highest BCUT2D eigenvalue weighted by atomic mass is 15.1. The van der Waals surface area contributed by atoms with E-state index in [4.69, 9.17) is 17.2 Å². The van der Waals surface area contributed by atoms with Crippen LogP contribution in [0.2, 0.25) is 0 Å². The molecule has 6 aromatic carbocycles. The van der Waals surface area contributed by atoms with Gasteiger partial charge in [0.15, 0.2) is 0 Å². The fourth-order valence-corrected chi connectivity index (χ4v) is 5.64. The van der Waals surface area contributed by atoms with Gasteiger partial charge < -0.3 is 27.4 Å². The van der Waals surface area contributed by atoms with Crippen LogP contribution in [-0.2, 0) is 6.42 Å². The Balaban J connectivity index is 0.000000233. The minimum atomic E-state index is 0.805. The molecule has 0 amide bonds. The van der Waals surface area contributed by atoms with E-state index in [1.54, 1.807) is 0 Å². The van der Waals surface area contributed by atoms with Gasteiger partial charge in [0.1, 0.15) is 0 Å². The second-order valence-corrected chi connectivity index (χ2v) is 13.5. The van der Waals surface area contributed by atoms with E-state index in [1.165, 1.54) is 67.0 Å². The molecule has 280 valence electrons. The van der Waals surface area contributed by atoms with Crippen molar-refractivity contribution < 1.29 is 0 Å². The van der Waals surface area contributed by atoms with Crippen LogP contribution in [0.4, 0.5) is 28.4 Å². The summed E-state index contributed by atoms with van der Waals surface area (Å²) in [5, 5.41) is 3.10. The standard InChI is InChI=1S/C13H21N.C12H11N.C9H13N.2C7H9N/c1-8-9(2)11(4)13(14(6)7)12(5)10(8)3;13-12-8-6-11(7-9-12)10-4-2-1-3-5-10;1-3-8-5-4-6-9(7-8)10-2;1-6-2-4-7(8)5-3-6;1-6-3-2-4-7(8)5-6/h1-7H3;1-9H,13H2;4-7,10H,3H2,1-2H3;2*2-5H,8H2,1H3. The average molecular weight is 710 g/mol. The lowest BCUT2D eigenvalue weighted by molar-refractivity contribution is 1.06. The maximum absolute atomic E-state index is 5.60. The van der Waals surface area contributed by atoms with E-state index in [-0.39, 0.29) is 0 Å². The molecular weight excluding hydrogens is 647 g/mol. The molecule has 0 bridgehead atoms. The molecule has 0 fully saturated rings. The molecule has 0 heterocycles. The van der Waals surface area contributed by atoms with Gasteiger partial charge in [-0.15, -0.1) is 0 Å². The van der Waals surface area contributed by atoms with Crippen LogP contribution in [0, 0.1) is 48.5 Å². The van der Waals surface area contributed by atoms with E-state index in [0.717, 1.165) is 23.5 Å². The number of aryl methyl sites for hydroxylation is 3. The van der Waals surface area contributed by atoms with Gasteiger partial charge in [0.2, 0.25) is 0 Å². The molecule has 0 unspecified atom stereocenters. The Labute approximate surface area is 320 Å². The first kappa shape index (κ1) is 43.5. The molecule has 0 saturated heterocycles. The summed E-state index contributed by atoms with van der Waals surface area (Å²) in [6.45, 7) is 17.3. The average Bonchev–Trinajstić information content (AvgIpc) is 3.16. The second-order valence-electron chi connectivity index (χ2n) is 13.5. The van der Waals surface area contributed by atoms with Gasteiger partial charge in [0, 0.05) is 49.6 Å². The Morgan fingerprint density at radius 2 is 0.962 bits per heavy atom. The Morgan fingerprint density at radius 1 is 0.472 bits per heavy atom. The summed E-state index contributed by atoms with van der Waals surface area (Å²) >= 11 is 0. The predicted molar refractivity (Wildman–Crippen MR) is 237 cm³/mol. The van der Waals surface area contributed by atoms with Gasteiger partial charge in [-0.25, -0.2) is 0 Å². The van der Waals surface area contributed by atoms with E-state index in [9.17, 15) is 0 Å². The molecule has 7 N–H and O–H groups in total. The first-order valence-electron chi connectivity index (χ1n) is 18.2. The summed E-state index contributed by atoms with van der Waals surface area (Å²) in [7, 11) is 6.17. The van der Waals surface area contributed by atoms with E-state index in [2.05, 4.69) is 102 Å². The zero-order chi connectivity index (χ0) is 39.5. The molecule has 6 aromatic rings. The molecule has 5 nitrogen and oxygen atoms in total. The zero-order valence-corrected chi connectivity index (χ0v) is 34.0. The van der Waals surface area contributed by atoms with Crippen molar-refractivity contribution >= 4 is 28.4 Å². The van der Waals surface area contributed by atoms with Gasteiger partial charge in [-0.05, 0) is 153 Å². The number of rotatable bonds is 4. The highest BCUT2D eigenvalue weighted by Crippen LogP contribution is 2.31. The van der Waals surface area contributed by atoms with Gasteiger partial charge in [0.25, 0.3) is 0 Å². The Kier molecular flexibility index (Phi) is 18.3. The molecule has 0 atom stereocenters. The summed E-state index contributed by atoms with van der Waals surface area (Å²) in [5.74, 6) is 0. The maximum atomic E-state index is 5.60. The first-order chi connectivity index (χ1) is 25.2. The lowest BCUT2D eigenvalue weighted by atomic mass is 9.92. The lowest BCUT2D eigenvalue weighted by Crippen LogP contribution is -2.14. The minimum Gasteiger partial charge on any atom is -0.399 e. The van der Waals surface area contributed by atoms with Crippen LogP contribution in [0.25, 0.3) is 11.1 Å². The highest BCUT2D eigenvalue weighted by molar-refractivity contribution is 5.66. The molecule has 0 spiro atoms. The molecule has 5 heteroatoms. The third-order valence-electron chi connectivity index (χ3n) is 9.17. The Bertz CT molecular complexity index is 1860. The van der Waals surface area contributed by atoms with Crippen LogP contribution < -0.4 is 27.4 Å². The normalized spacial score (nSPS) is 9.72. The lowest BCUT2D eigenvalue weighted by Gasteiger charge is -2.24. The van der Waals surface area contributed by atoms with Crippen LogP contribution in [0.15, 0.2) is 127 Å². The molecule has 0 aliphatic heterocycles. The van der Waals surface area contributed by atoms with Gasteiger partial charge in [-0.3, -0.25) is 0 Å². The Morgan fingerprint density at radius 3 is 1.40 bits per heavy atom. The molecule has 0 aliphatic carbocycles. The van der Waals surface area contributed by atoms with Crippen molar-refractivity contribution in [1.82, 2.24) is 0 Å². The molecular formula is C48H63N5. The third-order valence-corrected chi connectivity index (χ3v) is 9.17. The van der Waals surface area contributed by atoms with Gasteiger partial charge in [0.05, 0.1) is 0 Å². The van der Waals surface area contributed by atoms with Crippen LogP contribution >= 0.6 is 0 Å². The molecule has 53 heavy (non-hydrogen) atoms. The van der Waals surface area contributed by atoms with Crippen molar-refractivity contribution in [3.63, 3.8) is 0 Å². The summed E-state index contributed by atoms with van der Waals surface area (Å²) < 4.78 is 0. The second kappa shape index (κ2) is 22.3. The number of anilines is 5. The molecule has 0 aliphatic rings. The van der Waals surface area contributed by atoms with Gasteiger partial charge in [-0.2, -0.15) is 0 Å². The number of nitrogens with one attached hydrogen (secondary N) is 1. The van der Waals surface area contributed by atoms with Crippen molar-refractivity contribution in [2.45, 2.75) is 61.8 Å². The molecule has 0 radical (unpaired) electrons. The largest absolute Gasteiger partial charge is 0.399 e. The third kappa shape index (κ3) is 14.8. The number of hydrogen-bond donors (Lipinski definition) is 4. The van der Waals surface area contributed by atoms with Crippen molar-refractivity contribution in [3.05, 3.63) is 172 Å². The van der Waals surface area contributed by atoms with E-state index in [1.807, 2.05) is 112 Å². The van der Waals surface area contributed by atoms with Gasteiger partial charge >= 0.3 is 0 Å². The molecule has 0 aromatic heterocycles. The van der Waals surface area contributed by atoms with Crippen LogP contribution in [0.3, 0.4) is 0 Å². The van der Waals surface area contributed by atoms with Crippen molar-refractivity contribution in [2.75, 3.05) is 48.6 Å². The summed E-state index contributed by atoms with van der Waals surface area (Å²) in [6.07, 6.45) is 1.11. The fraction of sp³-hybridized carbons (Fsp3) is 0.250.